The molecule has 0 radical (unpaired) electrons. The third kappa shape index (κ3) is 5.83. The highest BCUT2D eigenvalue weighted by Gasteiger charge is 2.19. The normalized spacial score (nSPS) is 11.8. The van der Waals surface area contributed by atoms with Crippen molar-refractivity contribution >= 4 is 77.2 Å². The highest BCUT2D eigenvalue weighted by Crippen LogP contribution is 2.40. The van der Waals surface area contributed by atoms with Gasteiger partial charge in [-0.05, 0) is 73.2 Å². The van der Waals surface area contributed by atoms with Gasteiger partial charge >= 0.3 is 0 Å². The Morgan fingerprint density at radius 3 is 1.68 bits per heavy atom. The number of hydrogen-bond donors (Lipinski definition) is 2. The average Bonchev–Trinajstić information content (AvgIpc) is 3.91. The number of aryl methyl sites for hydroxylation is 1. The van der Waals surface area contributed by atoms with Crippen LogP contribution in [0, 0.1) is 12.3 Å². The average molecular weight is 736 g/mol. The predicted molar refractivity (Wildman–Crippen MR) is 238 cm³/mol. The minimum atomic E-state index is 0.173. The van der Waals surface area contributed by atoms with E-state index in [0.717, 1.165) is 39.1 Å². The first-order chi connectivity index (χ1) is 28.0. The molecule has 11 rings (SSSR count). The number of para-hydroxylation sites is 3. The molecule has 8 aromatic carbocycles. The van der Waals surface area contributed by atoms with Crippen molar-refractivity contribution in [3.05, 3.63) is 205 Å². The van der Waals surface area contributed by atoms with Crippen molar-refractivity contribution in [3.63, 3.8) is 0 Å². The lowest BCUT2D eigenvalue weighted by Crippen LogP contribution is -2.15. The number of hydrogen-bond acceptors (Lipinski definition) is 2. The van der Waals surface area contributed by atoms with E-state index < -0.39 is 0 Å². The summed E-state index contributed by atoms with van der Waals surface area (Å²) in [5.74, 6) is 0.534. The number of nitrogens with two attached hydrogens (primary N) is 1. The van der Waals surface area contributed by atoms with Gasteiger partial charge in [0.1, 0.15) is 17.0 Å². The first-order valence-electron chi connectivity index (χ1n) is 19.0. The second kappa shape index (κ2) is 13.9. The van der Waals surface area contributed by atoms with Crippen LogP contribution in [0.4, 0.5) is 0 Å². The lowest BCUT2D eigenvalue weighted by molar-refractivity contribution is 0.668. The van der Waals surface area contributed by atoms with Crippen LogP contribution in [-0.4, -0.2) is 20.8 Å². The molecule has 0 unspecified atom stereocenters. The molecule has 6 heteroatoms. The maximum absolute atomic E-state index is 7.84. The lowest BCUT2D eigenvalue weighted by atomic mass is 10.1. The van der Waals surface area contributed by atoms with Gasteiger partial charge in [0.2, 0.25) is 0 Å². The van der Waals surface area contributed by atoms with Crippen molar-refractivity contribution in [2.45, 2.75) is 6.92 Å². The number of aliphatic imine (C=N–C) groups is 1. The topological polar surface area (TPSA) is 85.2 Å². The van der Waals surface area contributed by atoms with Gasteiger partial charge in [-0.15, -0.1) is 0 Å². The van der Waals surface area contributed by atoms with E-state index >= 15 is 0 Å². The SMILES string of the molecule is Cc1cccc2oc3ccc(-n4c5ccccc5c5cc6c7ccccc7n(-c7ccccc7)c6cc54)cc3c12.N=C(N=C(N)c1ccccc1)c1ccccc1. The molecule has 3 heterocycles. The minimum absolute atomic E-state index is 0.173. The highest BCUT2D eigenvalue weighted by molar-refractivity contribution is 6.19. The summed E-state index contributed by atoms with van der Waals surface area (Å²) in [5, 5.41) is 15.2. The van der Waals surface area contributed by atoms with E-state index in [9.17, 15) is 0 Å². The first-order valence-corrected chi connectivity index (χ1v) is 19.0. The molecule has 0 saturated carbocycles. The molecule has 0 aliphatic carbocycles. The number of nitrogens with zero attached hydrogens (tertiary/aromatic N) is 3. The van der Waals surface area contributed by atoms with Crippen LogP contribution in [0.3, 0.4) is 0 Å². The van der Waals surface area contributed by atoms with Gasteiger partial charge in [0.05, 0.1) is 22.1 Å². The second-order valence-corrected chi connectivity index (χ2v) is 14.2. The van der Waals surface area contributed by atoms with Gasteiger partial charge in [-0.3, -0.25) is 5.41 Å². The monoisotopic (exact) mass is 735 g/mol. The fourth-order valence-corrected chi connectivity index (χ4v) is 8.15. The summed E-state index contributed by atoms with van der Waals surface area (Å²) in [6.45, 7) is 2.16. The number of rotatable bonds is 4. The third-order valence-electron chi connectivity index (χ3n) is 10.8. The van der Waals surface area contributed by atoms with Crippen molar-refractivity contribution in [1.29, 1.82) is 5.41 Å². The van der Waals surface area contributed by atoms with Gasteiger partial charge in [-0.2, -0.15) is 0 Å². The van der Waals surface area contributed by atoms with E-state index in [-0.39, 0.29) is 5.84 Å². The van der Waals surface area contributed by atoms with Gasteiger partial charge in [0, 0.05) is 54.8 Å². The van der Waals surface area contributed by atoms with Crippen LogP contribution in [0.5, 0.6) is 0 Å². The lowest BCUT2D eigenvalue weighted by Gasteiger charge is -2.10. The van der Waals surface area contributed by atoms with Gasteiger partial charge in [0.25, 0.3) is 0 Å². The second-order valence-electron chi connectivity index (χ2n) is 14.2. The standard InChI is InChI=1S/C37H24N2O.C14H13N3/c1-23-10-9-17-36-37(23)30-20-25(18-19-35(30)40-36)39-32-16-8-6-14-27(32)29-21-28-26-13-5-7-15-31(26)38(33(28)22-34(29)39)24-11-3-2-4-12-24;15-13(11-7-3-1-4-8-11)17-14(16)12-9-5-2-6-10-12/h2-22H,1H3;1-10H,(H3,15,16,17). The van der Waals surface area contributed by atoms with E-state index in [0.29, 0.717) is 5.84 Å². The van der Waals surface area contributed by atoms with E-state index in [4.69, 9.17) is 15.6 Å². The number of fused-ring (bicyclic) bond motifs is 9. The van der Waals surface area contributed by atoms with E-state index in [1.54, 1.807) is 0 Å². The predicted octanol–water partition coefficient (Wildman–Crippen LogP) is 12.5. The molecule has 272 valence electrons. The van der Waals surface area contributed by atoms with Crippen molar-refractivity contribution in [2.24, 2.45) is 10.7 Å². The molecule has 3 aromatic heterocycles. The van der Waals surface area contributed by atoms with Gasteiger partial charge in [0.15, 0.2) is 5.84 Å². The van der Waals surface area contributed by atoms with Crippen LogP contribution >= 0.6 is 0 Å². The molecule has 57 heavy (non-hydrogen) atoms. The molecule has 0 amide bonds. The number of nitrogens with one attached hydrogen (secondary N) is 1. The summed E-state index contributed by atoms with van der Waals surface area (Å²) in [6, 6.07) is 64.5. The van der Waals surface area contributed by atoms with Gasteiger partial charge in [-0.25, -0.2) is 4.99 Å². The fraction of sp³-hybridized carbons (Fsp3) is 0.0196. The van der Waals surface area contributed by atoms with Gasteiger partial charge in [-0.1, -0.05) is 127 Å². The van der Waals surface area contributed by atoms with Crippen molar-refractivity contribution < 1.29 is 4.42 Å². The van der Waals surface area contributed by atoms with Crippen molar-refractivity contribution in [2.75, 3.05) is 0 Å². The van der Waals surface area contributed by atoms with E-state index in [1.165, 1.54) is 54.6 Å². The fourth-order valence-electron chi connectivity index (χ4n) is 8.15. The summed E-state index contributed by atoms with van der Waals surface area (Å²) in [6.07, 6.45) is 0. The van der Waals surface area contributed by atoms with Crippen LogP contribution in [0.25, 0.3) is 76.9 Å². The van der Waals surface area contributed by atoms with Crippen molar-refractivity contribution in [3.8, 4) is 11.4 Å². The molecule has 11 aromatic rings. The Balaban J connectivity index is 0.000000196. The zero-order valence-electron chi connectivity index (χ0n) is 31.2. The third-order valence-corrected chi connectivity index (χ3v) is 10.8. The molecule has 0 saturated heterocycles. The summed E-state index contributed by atoms with van der Waals surface area (Å²) in [7, 11) is 0. The van der Waals surface area contributed by atoms with Crippen molar-refractivity contribution in [1.82, 2.24) is 9.13 Å². The van der Waals surface area contributed by atoms with Crippen LogP contribution in [0.2, 0.25) is 0 Å². The minimum Gasteiger partial charge on any atom is -0.456 e. The van der Waals surface area contributed by atoms with Crippen LogP contribution < -0.4 is 5.73 Å². The molecule has 0 atom stereocenters. The molecule has 3 N–H and O–H groups in total. The zero-order valence-corrected chi connectivity index (χ0v) is 31.2. The van der Waals surface area contributed by atoms with Crippen LogP contribution in [-0.2, 0) is 0 Å². The zero-order chi connectivity index (χ0) is 38.5. The smallest absolute Gasteiger partial charge is 0.154 e. The van der Waals surface area contributed by atoms with Gasteiger partial charge < -0.3 is 19.3 Å². The van der Waals surface area contributed by atoms with E-state index in [2.05, 4.69) is 148 Å². The molecule has 0 spiro atoms. The van der Waals surface area contributed by atoms with Crippen LogP contribution in [0.1, 0.15) is 16.7 Å². The molecule has 6 nitrogen and oxygen atoms in total. The Hall–Kier alpha value is -7.70. The molecule has 0 bridgehead atoms. The summed E-state index contributed by atoms with van der Waals surface area (Å²) in [4.78, 5) is 4.10. The number of benzene rings is 8. The summed E-state index contributed by atoms with van der Waals surface area (Å²) < 4.78 is 11.0. The first kappa shape index (κ1) is 33.8. The maximum Gasteiger partial charge on any atom is 0.154 e. The molecule has 0 aliphatic rings. The summed E-state index contributed by atoms with van der Waals surface area (Å²) >= 11 is 0. The maximum atomic E-state index is 7.84. The van der Waals surface area contributed by atoms with E-state index in [1.807, 2.05) is 60.7 Å². The largest absolute Gasteiger partial charge is 0.456 e. The molecule has 0 aliphatic heterocycles. The van der Waals surface area contributed by atoms with Crippen LogP contribution in [0.15, 0.2) is 197 Å². The highest BCUT2D eigenvalue weighted by atomic mass is 16.3. The Morgan fingerprint density at radius 2 is 1.04 bits per heavy atom. The molecular formula is C51H37N5O. The number of aromatic nitrogens is 2. The molecular weight excluding hydrogens is 699 g/mol. The number of amidine groups is 2. The summed E-state index contributed by atoms with van der Waals surface area (Å²) in [5.41, 5.74) is 17.6. The Kier molecular flexibility index (Phi) is 8.23. The quantitative estimate of drug-likeness (QED) is 0.139. The number of furan rings is 1. The Bertz CT molecular complexity index is 3320. The Labute approximate surface area is 328 Å². The Morgan fingerprint density at radius 1 is 0.474 bits per heavy atom. The molecule has 0 fully saturated rings.